The number of benzene rings is 2. The summed E-state index contributed by atoms with van der Waals surface area (Å²) >= 11 is 9.47. The number of ether oxygens (including phenoxy) is 3. The van der Waals surface area contributed by atoms with E-state index in [9.17, 15) is 5.21 Å². The van der Waals surface area contributed by atoms with Crippen LogP contribution in [0.3, 0.4) is 0 Å². The van der Waals surface area contributed by atoms with E-state index >= 15 is 0 Å². The summed E-state index contributed by atoms with van der Waals surface area (Å²) in [5, 5.41) is 12.2. The summed E-state index contributed by atoms with van der Waals surface area (Å²) in [7, 11) is 3.07. The summed E-state index contributed by atoms with van der Waals surface area (Å²) in [5.41, 5.74) is 1.13. The average Bonchev–Trinajstić information content (AvgIpc) is 2.55. The van der Waals surface area contributed by atoms with Crippen molar-refractivity contribution in [3.63, 3.8) is 0 Å². The van der Waals surface area contributed by atoms with Crippen molar-refractivity contribution in [3.8, 4) is 17.2 Å². The van der Waals surface area contributed by atoms with Gasteiger partial charge in [0.25, 0.3) is 0 Å². The van der Waals surface area contributed by atoms with Crippen LogP contribution in [0.2, 0.25) is 0 Å². The van der Waals surface area contributed by atoms with Crippen LogP contribution in [-0.4, -0.2) is 29.6 Å². The van der Waals surface area contributed by atoms with Crippen LogP contribution in [0.25, 0.3) is 0 Å². The van der Waals surface area contributed by atoms with Crippen molar-refractivity contribution < 1.29 is 70.3 Å². The van der Waals surface area contributed by atoms with Crippen molar-refractivity contribution in [2.75, 3.05) is 14.2 Å². The zero-order valence-corrected chi connectivity index (χ0v) is 18.3. The van der Waals surface area contributed by atoms with Gasteiger partial charge in [-0.2, -0.15) is 4.74 Å². The van der Waals surface area contributed by atoms with Gasteiger partial charge in [0.2, 0.25) is 5.69 Å². The molecule has 2 aromatic carbocycles. The molecule has 0 aliphatic rings. The summed E-state index contributed by atoms with van der Waals surface area (Å²) in [5.74, 6) is 1.53. The van der Waals surface area contributed by atoms with Crippen molar-refractivity contribution in [2.24, 2.45) is 0 Å². The Balaban J connectivity index is 0.00000288. The van der Waals surface area contributed by atoms with Gasteiger partial charge in [-0.05, 0) is 30.3 Å². The second kappa shape index (κ2) is 10.3. The smallest absolute Gasteiger partial charge is 0.618 e. The molecule has 0 N–H and O–H groups in total. The number of nitrogens with zero attached hydrogens (tertiary/aromatic N) is 1. The quantitative estimate of drug-likeness (QED) is 0.139. The van der Waals surface area contributed by atoms with E-state index in [-0.39, 0.29) is 55.8 Å². The number of thiocarbonyl (C=S) groups is 1. The van der Waals surface area contributed by atoms with E-state index in [1.54, 1.807) is 49.6 Å². The molecule has 24 heavy (non-hydrogen) atoms. The first-order valence-electron chi connectivity index (χ1n) is 6.55. The van der Waals surface area contributed by atoms with E-state index in [0.29, 0.717) is 28.5 Å². The zero-order valence-electron chi connectivity index (χ0n) is 13.5. The minimum atomic E-state index is -0.0243. The van der Waals surface area contributed by atoms with E-state index in [4.69, 9.17) is 39.1 Å². The number of hydrogen-bond donors (Lipinski definition) is 0. The largest absolute Gasteiger partial charge is 1.00 e. The van der Waals surface area contributed by atoms with Crippen molar-refractivity contribution in [1.82, 2.24) is 0 Å². The second-order valence-electron chi connectivity index (χ2n) is 4.42. The Morgan fingerprint density at radius 1 is 1.08 bits per heavy atom. The standard InChI is InChI=1S/C16H15NO4S2.K/c1-19-13-6-4-12(5-7-13)17(18)10-11-3-8-14(21-16(22)23)15(9-11)20-2;/h3-10H,1-2H3,(H,22,23);/q;+1/p-1/b17-10-;. The Morgan fingerprint density at radius 2 is 1.75 bits per heavy atom. The van der Waals surface area contributed by atoms with Crippen LogP contribution < -0.4 is 65.6 Å². The molecule has 0 radical (unpaired) electrons. The molecule has 0 spiro atoms. The molecule has 0 atom stereocenters. The Morgan fingerprint density at radius 3 is 2.29 bits per heavy atom. The normalized spacial score (nSPS) is 10.5. The Hall–Kier alpha value is -0.744. The third-order valence-corrected chi connectivity index (χ3v) is 3.14. The summed E-state index contributed by atoms with van der Waals surface area (Å²) in [6.45, 7) is 0. The molecule has 0 saturated heterocycles. The van der Waals surface area contributed by atoms with Gasteiger partial charge in [-0.1, -0.05) is 0 Å². The molecule has 0 aliphatic carbocycles. The molecule has 5 nitrogen and oxygen atoms in total. The Bertz CT molecular complexity index is 735. The van der Waals surface area contributed by atoms with Crippen molar-refractivity contribution in [3.05, 3.63) is 53.2 Å². The first-order chi connectivity index (χ1) is 11.0. The molecule has 120 valence electrons. The van der Waals surface area contributed by atoms with E-state index in [0.717, 1.165) is 4.74 Å². The van der Waals surface area contributed by atoms with Gasteiger partial charge in [0.1, 0.15) is 5.75 Å². The van der Waals surface area contributed by atoms with Crippen LogP contribution in [0.1, 0.15) is 5.56 Å². The number of hydrogen-bond acceptors (Lipinski definition) is 6. The second-order valence-corrected chi connectivity index (χ2v) is 5.42. The molecule has 0 saturated carbocycles. The molecule has 0 aliphatic heterocycles. The number of rotatable bonds is 5. The summed E-state index contributed by atoms with van der Waals surface area (Å²) in [6.07, 6.45) is 1.43. The fourth-order valence-electron chi connectivity index (χ4n) is 1.88. The van der Waals surface area contributed by atoms with Gasteiger partial charge < -0.3 is 44.3 Å². The van der Waals surface area contributed by atoms with Gasteiger partial charge in [0, 0.05) is 22.1 Å². The first-order valence-corrected chi connectivity index (χ1v) is 7.37. The summed E-state index contributed by atoms with van der Waals surface area (Å²) in [6, 6.07) is 11.8. The third-order valence-electron chi connectivity index (χ3n) is 2.97. The fraction of sp³-hybridized carbons (Fsp3) is 0.125. The van der Waals surface area contributed by atoms with Gasteiger partial charge in [0.15, 0.2) is 17.7 Å². The Kier molecular flexibility index (Phi) is 9.14. The van der Waals surface area contributed by atoms with Gasteiger partial charge in [-0.15, -0.1) is 0 Å². The molecule has 0 amide bonds. The molecule has 0 unspecified atom stereocenters. The van der Waals surface area contributed by atoms with E-state index in [2.05, 4.69) is 0 Å². The van der Waals surface area contributed by atoms with Crippen LogP contribution in [-0.2, 0) is 12.6 Å². The summed E-state index contributed by atoms with van der Waals surface area (Å²) in [4.78, 5) is 0. The maximum atomic E-state index is 12.2. The first kappa shape index (κ1) is 21.3. The minimum absolute atomic E-state index is 0. The molecule has 8 heteroatoms. The molecule has 0 heterocycles. The maximum Gasteiger partial charge on any atom is 1.00 e. The average molecular weight is 388 g/mol. The van der Waals surface area contributed by atoms with E-state index in [1.165, 1.54) is 13.3 Å². The van der Waals surface area contributed by atoms with Crippen molar-refractivity contribution >= 4 is 41.1 Å². The Labute approximate surface area is 194 Å². The fourth-order valence-corrected chi connectivity index (χ4v) is 2.06. The maximum absolute atomic E-state index is 12.2. The SMILES string of the molecule is COc1ccc(/[N+]([O-])=C/c2ccc(OC(=S)[S-])c(OC)c2)cc1.[K+]. The van der Waals surface area contributed by atoms with Crippen LogP contribution in [0, 0.1) is 5.21 Å². The molecule has 2 rings (SSSR count). The summed E-state index contributed by atoms with van der Waals surface area (Å²) < 4.78 is 16.2. The molecule has 0 fully saturated rings. The topological polar surface area (TPSA) is 53.8 Å². The van der Waals surface area contributed by atoms with Crippen molar-refractivity contribution in [2.45, 2.75) is 0 Å². The predicted molar refractivity (Wildman–Crippen MR) is 95.0 cm³/mol. The van der Waals surface area contributed by atoms with E-state index < -0.39 is 0 Å². The van der Waals surface area contributed by atoms with E-state index in [1.807, 2.05) is 0 Å². The number of methoxy groups -OCH3 is 2. The van der Waals surface area contributed by atoms with Gasteiger partial charge in [0.05, 0.1) is 14.2 Å². The molecule has 0 bridgehead atoms. The van der Waals surface area contributed by atoms with Crippen LogP contribution in [0.5, 0.6) is 17.2 Å². The van der Waals surface area contributed by atoms with Crippen molar-refractivity contribution in [1.29, 1.82) is 0 Å². The van der Waals surface area contributed by atoms with Crippen LogP contribution in [0.4, 0.5) is 5.69 Å². The van der Waals surface area contributed by atoms with Crippen LogP contribution in [0.15, 0.2) is 42.5 Å². The van der Waals surface area contributed by atoms with Crippen LogP contribution >= 0.6 is 12.2 Å². The van der Waals surface area contributed by atoms with Gasteiger partial charge in [-0.3, -0.25) is 0 Å². The monoisotopic (exact) mass is 387 g/mol. The molecular formula is C16H14KNO4S2. The molecule has 0 aromatic heterocycles. The third kappa shape index (κ3) is 5.96. The predicted octanol–water partition coefficient (Wildman–Crippen LogP) is 0.179. The zero-order chi connectivity index (χ0) is 16.8. The molecular weight excluding hydrogens is 373 g/mol. The van der Waals surface area contributed by atoms with Gasteiger partial charge >= 0.3 is 51.4 Å². The minimum Gasteiger partial charge on any atom is -0.618 e. The van der Waals surface area contributed by atoms with Gasteiger partial charge in [-0.25, -0.2) is 0 Å². The molecule has 2 aromatic rings.